The summed E-state index contributed by atoms with van der Waals surface area (Å²) in [6.45, 7) is 0. The standard InChI is InChI=1S/C11H15NO2.ClH/c1-14-9-4-2-3-8(13)10(9)11(12)7-5-6-7;/h2-4,7,11,13H,5-6,12H2,1H3;1H/t11-;/m1./s1. The lowest BCUT2D eigenvalue weighted by atomic mass is 10.0. The predicted octanol–water partition coefficient (Wildman–Crippen LogP) is 2.23. The Morgan fingerprint density at radius 1 is 1.47 bits per heavy atom. The number of ether oxygens (including phenoxy) is 1. The number of hydrogen-bond acceptors (Lipinski definition) is 3. The second-order valence-corrected chi connectivity index (χ2v) is 3.76. The summed E-state index contributed by atoms with van der Waals surface area (Å²) in [6, 6.07) is 5.15. The number of phenols is 1. The van der Waals surface area contributed by atoms with Crippen LogP contribution in [0.4, 0.5) is 0 Å². The molecule has 3 N–H and O–H groups in total. The van der Waals surface area contributed by atoms with Crippen LogP contribution in [-0.4, -0.2) is 12.2 Å². The SMILES string of the molecule is COc1cccc(O)c1[C@H](N)C1CC1.Cl. The quantitative estimate of drug-likeness (QED) is 0.836. The van der Waals surface area contributed by atoms with E-state index in [2.05, 4.69) is 0 Å². The second-order valence-electron chi connectivity index (χ2n) is 3.76. The number of nitrogens with two attached hydrogens (primary N) is 1. The number of hydrogen-bond donors (Lipinski definition) is 2. The van der Waals surface area contributed by atoms with Crippen molar-refractivity contribution in [1.29, 1.82) is 0 Å². The molecule has 0 heterocycles. The van der Waals surface area contributed by atoms with E-state index in [1.165, 1.54) is 0 Å². The monoisotopic (exact) mass is 229 g/mol. The molecule has 1 aliphatic rings. The topological polar surface area (TPSA) is 55.5 Å². The summed E-state index contributed by atoms with van der Waals surface area (Å²) in [5.41, 5.74) is 6.79. The van der Waals surface area contributed by atoms with Gasteiger partial charge in [0.1, 0.15) is 11.5 Å². The van der Waals surface area contributed by atoms with Gasteiger partial charge in [-0.1, -0.05) is 6.07 Å². The fourth-order valence-electron chi connectivity index (χ4n) is 1.74. The van der Waals surface area contributed by atoms with E-state index in [0.29, 0.717) is 11.7 Å². The van der Waals surface area contributed by atoms with E-state index in [0.717, 1.165) is 18.4 Å². The van der Waals surface area contributed by atoms with Crippen molar-refractivity contribution >= 4 is 12.4 Å². The molecule has 15 heavy (non-hydrogen) atoms. The molecule has 0 bridgehead atoms. The van der Waals surface area contributed by atoms with Crippen LogP contribution in [0.15, 0.2) is 18.2 Å². The highest BCUT2D eigenvalue weighted by Crippen LogP contribution is 2.44. The Morgan fingerprint density at radius 2 is 2.13 bits per heavy atom. The van der Waals surface area contributed by atoms with E-state index in [-0.39, 0.29) is 24.2 Å². The van der Waals surface area contributed by atoms with Crippen LogP contribution in [0.3, 0.4) is 0 Å². The molecule has 1 fully saturated rings. The van der Waals surface area contributed by atoms with Crippen LogP contribution in [0, 0.1) is 5.92 Å². The molecule has 2 rings (SSSR count). The molecule has 4 heteroatoms. The van der Waals surface area contributed by atoms with Crippen molar-refractivity contribution in [2.24, 2.45) is 11.7 Å². The van der Waals surface area contributed by atoms with Crippen molar-refractivity contribution in [3.05, 3.63) is 23.8 Å². The summed E-state index contributed by atoms with van der Waals surface area (Å²) < 4.78 is 5.19. The molecule has 0 aliphatic heterocycles. The molecule has 1 aromatic carbocycles. The van der Waals surface area contributed by atoms with Gasteiger partial charge in [0.25, 0.3) is 0 Å². The molecule has 0 spiro atoms. The molecule has 0 radical (unpaired) electrons. The Labute approximate surface area is 95.7 Å². The van der Waals surface area contributed by atoms with Crippen molar-refractivity contribution in [2.45, 2.75) is 18.9 Å². The van der Waals surface area contributed by atoms with Crippen molar-refractivity contribution < 1.29 is 9.84 Å². The maximum absolute atomic E-state index is 9.71. The van der Waals surface area contributed by atoms with E-state index in [4.69, 9.17) is 10.5 Å². The summed E-state index contributed by atoms with van der Waals surface area (Å²) in [5.74, 6) is 1.44. The fourth-order valence-corrected chi connectivity index (χ4v) is 1.74. The van der Waals surface area contributed by atoms with Crippen LogP contribution >= 0.6 is 12.4 Å². The van der Waals surface area contributed by atoms with Gasteiger partial charge in [-0.2, -0.15) is 0 Å². The largest absolute Gasteiger partial charge is 0.507 e. The smallest absolute Gasteiger partial charge is 0.127 e. The summed E-state index contributed by atoms with van der Waals surface area (Å²) in [5, 5.41) is 9.71. The van der Waals surface area contributed by atoms with Gasteiger partial charge in [0.05, 0.1) is 12.7 Å². The average molecular weight is 230 g/mol. The van der Waals surface area contributed by atoms with Gasteiger partial charge in [-0.15, -0.1) is 12.4 Å². The predicted molar refractivity (Wildman–Crippen MR) is 61.6 cm³/mol. The maximum Gasteiger partial charge on any atom is 0.127 e. The van der Waals surface area contributed by atoms with Gasteiger partial charge in [0.2, 0.25) is 0 Å². The number of methoxy groups -OCH3 is 1. The average Bonchev–Trinajstić information content (AvgIpc) is 2.99. The van der Waals surface area contributed by atoms with Crippen LogP contribution in [0.2, 0.25) is 0 Å². The molecule has 0 aromatic heterocycles. The van der Waals surface area contributed by atoms with Crippen molar-refractivity contribution in [1.82, 2.24) is 0 Å². The lowest BCUT2D eigenvalue weighted by Gasteiger charge is -2.16. The molecule has 0 unspecified atom stereocenters. The summed E-state index contributed by atoms with van der Waals surface area (Å²) >= 11 is 0. The third kappa shape index (κ3) is 2.36. The summed E-state index contributed by atoms with van der Waals surface area (Å²) in [6.07, 6.45) is 2.30. The van der Waals surface area contributed by atoms with Gasteiger partial charge in [0.15, 0.2) is 0 Å². The first-order valence-corrected chi connectivity index (χ1v) is 4.85. The normalized spacial score (nSPS) is 16.7. The number of benzene rings is 1. The maximum atomic E-state index is 9.71. The molecule has 1 atom stereocenters. The van der Waals surface area contributed by atoms with E-state index >= 15 is 0 Å². The Kier molecular flexibility index (Phi) is 3.83. The van der Waals surface area contributed by atoms with Crippen molar-refractivity contribution in [2.75, 3.05) is 7.11 Å². The van der Waals surface area contributed by atoms with Crippen LogP contribution in [0.1, 0.15) is 24.4 Å². The minimum absolute atomic E-state index is 0. The van der Waals surface area contributed by atoms with E-state index in [9.17, 15) is 5.11 Å². The zero-order valence-corrected chi connectivity index (χ0v) is 9.46. The van der Waals surface area contributed by atoms with Gasteiger partial charge >= 0.3 is 0 Å². The first-order valence-electron chi connectivity index (χ1n) is 4.85. The van der Waals surface area contributed by atoms with Gasteiger partial charge in [0, 0.05) is 6.04 Å². The Morgan fingerprint density at radius 3 is 2.67 bits per heavy atom. The highest BCUT2D eigenvalue weighted by Gasteiger charge is 2.32. The summed E-state index contributed by atoms with van der Waals surface area (Å²) in [4.78, 5) is 0. The first kappa shape index (κ1) is 12.1. The van der Waals surface area contributed by atoms with Crippen LogP contribution in [0.25, 0.3) is 0 Å². The zero-order valence-electron chi connectivity index (χ0n) is 8.64. The Bertz CT molecular complexity index is 339. The highest BCUT2D eigenvalue weighted by molar-refractivity contribution is 5.85. The molecule has 0 amide bonds. The van der Waals surface area contributed by atoms with Gasteiger partial charge in [-0.25, -0.2) is 0 Å². The molecule has 84 valence electrons. The Balaban J connectivity index is 0.00000112. The zero-order chi connectivity index (χ0) is 10.1. The second kappa shape index (κ2) is 4.73. The molecule has 1 saturated carbocycles. The third-order valence-corrected chi connectivity index (χ3v) is 2.73. The molecular weight excluding hydrogens is 214 g/mol. The number of aromatic hydroxyl groups is 1. The van der Waals surface area contributed by atoms with Gasteiger partial charge in [-0.05, 0) is 30.9 Å². The molecular formula is C11H16ClNO2. The molecule has 1 aromatic rings. The van der Waals surface area contributed by atoms with Crippen LogP contribution in [0.5, 0.6) is 11.5 Å². The lowest BCUT2D eigenvalue weighted by molar-refractivity contribution is 0.389. The van der Waals surface area contributed by atoms with E-state index in [1.54, 1.807) is 19.2 Å². The van der Waals surface area contributed by atoms with Crippen LogP contribution < -0.4 is 10.5 Å². The number of rotatable bonds is 3. The number of phenolic OH excluding ortho intramolecular Hbond substituents is 1. The van der Waals surface area contributed by atoms with Crippen molar-refractivity contribution in [3.8, 4) is 11.5 Å². The lowest BCUT2D eigenvalue weighted by Crippen LogP contribution is -2.13. The molecule has 1 aliphatic carbocycles. The third-order valence-electron chi connectivity index (χ3n) is 2.73. The minimum Gasteiger partial charge on any atom is -0.507 e. The van der Waals surface area contributed by atoms with Crippen molar-refractivity contribution in [3.63, 3.8) is 0 Å². The van der Waals surface area contributed by atoms with E-state index in [1.807, 2.05) is 6.07 Å². The highest BCUT2D eigenvalue weighted by atomic mass is 35.5. The summed E-state index contributed by atoms with van der Waals surface area (Å²) in [7, 11) is 1.60. The number of halogens is 1. The van der Waals surface area contributed by atoms with Gasteiger partial charge in [-0.3, -0.25) is 0 Å². The van der Waals surface area contributed by atoms with E-state index < -0.39 is 0 Å². The van der Waals surface area contributed by atoms with Gasteiger partial charge < -0.3 is 15.6 Å². The molecule has 0 saturated heterocycles. The first-order chi connectivity index (χ1) is 6.74. The molecule has 3 nitrogen and oxygen atoms in total. The Hall–Kier alpha value is -0.930. The minimum atomic E-state index is -0.0915. The van der Waals surface area contributed by atoms with Crippen LogP contribution in [-0.2, 0) is 0 Å². The fraction of sp³-hybridized carbons (Fsp3) is 0.455.